The van der Waals surface area contributed by atoms with Gasteiger partial charge in [0.25, 0.3) is 5.91 Å². The van der Waals surface area contributed by atoms with Crippen LogP contribution in [0.5, 0.6) is 5.88 Å². The van der Waals surface area contributed by atoms with E-state index in [0.29, 0.717) is 18.7 Å². The Kier molecular flexibility index (Phi) is 4.26. The van der Waals surface area contributed by atoms with Gasteiger partial charge in [-0.15, -0.1) is 0 Å². The number of carbonyl (C=O) groups excluding carboxylic acids is 1. The summed E-state index contributed by atoms with van der Waals surface area (Å²) in [4.78, 5) is 17.4. The number of alkyl halides is 2. The van der Waals surface area contributed by atoms with E-state index in [-0.39, 0.29) is 17.8 Å². The Morgan fingerprint density at radius 2 is 2.32 bits per heavy atom. The first-order chi connectivity index (χ1) is 9.06. The van der Waals surface area contributed by atoms with E-state index in [0.717, 1.165) is 12.8 Å². The summed E-state index contributed by atoms with van der Waals surface area (Å²) < 4.78 is 28.0. The lowest BCUT2D eigenvalue weighted by Crippen LogP contribution is -2.45. The lowest BCUT2D eigenvalue weighted by molar-refractivity contribution is -0.0528. The van der Waals surface area contributed by atoms with Gasteiger partial charge in [-0.2, -0.15) is 8.78 Å². The smallest absolute Gasteiger partial charge is 0.388 e. The molecule has 1 atom stereocenters. The molecule has 0 saturated carbocycles. The second-order valence-corrected chi connectivity index (χ2v) is 4.42. The number of nitrogens with two attached hydrogens (primary N) is 1. The Morgan fingerprint density at radius 3 is 2.89 bits per heavy atom. The second-order valence-electron chi connectivity index (χ2n) is 4.42. The van der Waals surface area contributed by atoms with Gasteiger partial charge in [-0.3, -0.25) is 4.79 Å². The highest BCUT2D eigenvalue weighted by atomic mass is 19.3. The van der Waals surface area contributed by atoms with E-state index in [2.05, 4.69) is 9.72 Å². The van der Waals surface area contributed by atoms with Gasteiger partial charge in [-0.05, 0) is 18.9 Å². The van der Waals surface area contributed by atoms with Crippen molar-refractivity contribution in [2.24, 2.45) is 5.73 Å². The molecular formula is C12H15F2N3O2. The average Bonchev–Trinajstić information content (AvgIpc) is 2.38. The summed E-state index contributed by atoms with van der Waals surface area (Å²) >= 11 is 0. The number of ether oxygens (including phenoxy) is 1. The van der Waals surface area contributed by atoms with Gasteiger partial charge in [0.2, 0.25) is 5.88 Å². The lowest BCUT2D eigenvalue weighted by atomic mass is 10.1. The largest absolute Gasteiger partial charge is 0.417 e. The fraction of sp³-hybridized carbons (Fsp3) is 0.500. The van der Waals surface area contributed by atoms with Gasteiger partial charge in [-0.1, -0.05) is 0 Å². The van der Waals surface area contributed by atoms with E-state index in [4.69, 9.17) is 5.73 Å². The highest BCUT2D eigenvalue weighted by Gasteiger charge is 2.22. The zero-order chi connectivity index (χ0) is 13.8. The first-order valence-corrected chi connectivity index (χ1v) is 6.02. The number of piperidine rings is 1. The van der Waals surface area contributed by atoms with Crippen LogP contribution in [0, 0.1) is 0 Å². The summed E-state index contributed by atoms with van der Waals surface area (Å²) in [5.41, 5.74) is 6.15. The molecule has 1 aliphatic heterocycles. The molecule has 1 amide bonds. The number of aromatic nitrogens is 1. The highest BCUT2D eigenvalue weighted by molar-refractivity contribution is 5.94. The summed E-state index contributed by atoms with van der Waals surface area (Å²) in [6.45, 7) is -1.76. The number of halogens is 2. The molecule has 0 bridgehead atoms. The molecule has 2 N–H and O–H groups in total. The second kappa shape index (κ2) is 5.92. The van der Waals surface area contributed by atoms with E-state index in [9.17, 15) is 13.6 Å². The third kappa shape index (κ3) is 3.60. The topological polar surface area (TPSA) is 68.5 Å². The number of hydrogen-bond acceptors (Lipinski definition) is 4. The molecule has 2 rings (SSSR count). The molecule has 0 spiro atoms. The van der Waals surface area contributed by atoms with Crippen molar-refractivity contribution >= 4 is 5.91 Å². The molecule has 1 aliphatic rings. The van der Waals surface area contributed by atoms with Crippen LogP contribution in [-0.4, -0.2) is 41.5 Å². The van der Waals surface area contributed by atoms with Crippen molar-refractivity contribution in [3.63, 3.8) is 0 Å². The fourth-order valence-electron chi connectivity index (χ4n) is 2.04. The van der Waals surface area contributed by atoms with Crippen molar-refractivity contribution in [2.45, 2.75) is 25.5 Å². The van der Waals surface area contributed by atoms with E-state index in [1.807, 2.05) is 0 Å². The van der Waals surface area contributed by atoms with Gasteiger partial charge in [0.05, 0.1) is 5.56 Å². The Morgan fingerprint density at radius 1 is 1.53 bits per heavy atom. The van der Waals surface area contributed by atoms with Crippen molar-refractivity contribution in [2.75, 3.05) is 13.1 Å². The number of amides is 1. The molecule has 1 fully saturated rings. The molecule has 0 aliphatic carbocycles. The van der Waals surface area contributed by atoms with E-state index in [1.54, 1.807) is 4.90 Å². The minimum Gasteiger partial charge on any atom is -0.417 e. The lowest BCUT2D eigenvalue weighted by Gasteiger charge is -2.30. The summed E-state index contributed by atoms with van der Waals surface area (Å²) in [5.74, 6) is -0.395. The zero-order valence-corrected chi connectivity index (χ0v) is 10.3. The van der Waals surface area contributed by atoms with Crippen LogP contribution < -0.4 is 10.5 Å². The maximum atomic E-state index is 12.1. The molecule has 2 heterocycles. The summed E-state index contributed by atoms with van der Waals surface area (Å²) in [6.07, 6.45) is 3.01. The van der Waals surface area contributed by atoms with Crippen LogP contribution >= 0.6 is 0 Å². The Balaban J connectivity index is 2.02. The van der Waals surface area contributed by atoms with E-state index >= 15 is 0 Å². The van der Waals surface area contributed by atoms with Gasteiger partial charge in [-0.25, -0.2) is 4.98 Å². The third-order valence-corrected chi connectivity index (χ3v) is 2.94. The molecule has 1 aromatic heterocycles. The maximum Gasteiger partial charge on any atom is 0.388 e. The van der Waals surface area contributed by atoms with Crippen LogP contribution in [0.1, 0.15) is 23.2 Å². The summed E-state index contributed by atoms with van der Waals surface area (Å²) in [5, 5.41) is 0. The fourth-order valence-corrected chi connectivity index (χ4v) is 2.04. The van der Waals surface area contributed by atoms with Gasteiger partial charge in [0.15, 0.2) is 0 Å². The Labute approximate surface area is 109 Å². The molecule has 1 unspecified atom stereocenters. The van der Waals surface area contributed by atoms with Crippen molar-refractivity contribution in [1.29, 1.82) is 0 Å². The minimum absolute atomic E-state index is 0.00732. The number of hydrogen-bond donors (Lipinski definition) is 1. The Hall–Kier alpha value is -1.76. The van der Waals surface area contributed by atoms with Crippen LogP contribution in [0.15, 0.2) is 18.3 Å². The minimum atomic E-state index is -2.92. The van der Waals surface area contributed by atoms with Crippen LogP contribution in [0.2, 0.25) is 0 Å². The number of carbonyl (C=O) groups is 1. The number of pyridine rings is 1. The molecule has 19 heavy (non-hydrogen) atoms. The molecule has 0 radical (unpaired) electrons. The quantitative estimate of drug-likeness (QED) is 0.898. The number of nitrogens with zero attached hydrogens (tertiary/aromatic N) is 2. The van der Waals surface area contributed by atoms with Crippen LogP contribution in [0.25, 0.3) is 0 Å². The molecule has 5 nitrogen and oxygen atoms in total. The number of rotatable bonds is 3. The monoisotopic (exact) mass is 271 g/mol. The Bertz CT molecular complexity index is 439. The maximum absolute atomic E-state index is 12.1. The first-order valence-electron chi connectivity index (χ1n) is 6.02. The van der Waals surface area contributed by atoms with Crippen molar-refractivity contribution in [3.8, 4) is 5.88 Å². The van der Waals surface area contributed by atoms with Crippen molar-refractivity contribution < 1.29 is 18.3 Å². The molecule has 7 heteroatoms. The van der Waals surface area contributed by atoms with E-state index in [1.165, 1.54) is 18.3 Å². The molecular weight excluding hydrogens is 256 g/mol. The third-order valence-electron chi connectivity index (χ3n) is 2.94. The normalized spacial score (nSPS) is 19.6. The van der Waals surface area contributed by atoms with Gasteiger partial charge in [0, 0.05) is 31.4 Å². The van der Waals surface area contributed by atoms with Crippen LogP contribution in [-0.2, 0) is 0 Å². The van der Waals surface area contributed by atoms with Crippen molar-refractivity contribution in [3.05, 3.63) is 23.9 Å². The molecule has 1 saturated heterocycles. The van der Waals surface area contributed by atoms with Gasteiger partial charge < -0.3 is 15.4 Å². The predicted molar refractivity (Wildman–Crippen MR) is 64.0 cm³/mol. The molecule has 0 aromatic carbocycles. The average molecular weight is 271 g/mol. The first kappa shape index (κ1) is 13.7. The highest BCUT2D eigenvalue weighted by Crippen LogP contribution is 2.15. The zero-order valence-electron chi connectivity index (χ0n) is 10.3. The number of likely N-dealkylation sites (tertiary alicyclic amines) is 1. The van der Waals surface area contributed by atoms with Gasteiger partial charge in [0.1, 0.15) is 0 Å². The standard InChI is InChI=1S/C12H15F2N3O2/c13-12(14)19-10-4-3-8(6-16-10)11(18)17-5-1-2-9(15)7-17/h3-4,6,9,12H,1-2,5,7,15H2. The van der Waals surface area contributed by atoms with E-state index < -0.39 is 6.61 Å². The van der Waals surface area contributed by atoms with Crippen LogP contribution in [0.4, 0.5) is 8.78 Å². The van der Waals surface area contributed by atoms with Crippen molar-refractivity contribution in [1.82, 2.24) is 9.88 Å². The summed E-state index contributed by atoms with van der Waals surface area (Å²) in [7, 11) is 0. The predicted octanol–water partition coefficient (Wildman–Crippen LogP) is 1.25. The van der Waals surface area contributed by atoms with Gasteiger partial charge >= 0.3 is 6.61 Å². The summed E-state index contributed by atoms with van der Waals surface area (Å²) in [6, 6.07) is 2.67. The van der Waals surface area contributed by atoms with Crippen LogP contribution in [0.3, 0.4) is 0 Å². The molecule has 1 aromatic rings. The SMILES string of the molecule is NC1CCCN(C(=O)c2ccc(OC(F)F)nc2)C1. The molecule has 104 valence electrons.